The van der Waals surface area contributed by atoms with Gasteiger partial charge in [-0.25, -0.2) is 0 Å². The molecule has 3 nitrogen and oxygen atoms in total. The fourth-order valence-electron chi connectivity index (χ4n) is 0.558. The van der Waals surface area contributed by atoms with Crippen molar-refractivity contribution in [3.05, 3.63) is 12.3 Å². The van der Waals surface area contributed by atoms with Gasteiger partial charge in [0.15, 0.2) is 0 Å². The first-order valence-corrected chi connectivity index (χ1v) is 2.53. The molecule has 0 N–H and O–H groups in total. The minimum Gasteiger partial charge on any atom is -0.859 e. The third kappa shape index (κ3) is 2.01. The van der Waals surface area contributed by atoms with Crippen LogP contribution in [0, 0.1) is 0 Å². The predicted molar refractivity (Wildman–Crippen MR) is 27.3 cm³/mol. The van der Waals surface area contributed by atoms with Gasteiger partial charge in [0.25, 0.3) is 0 Å². The number of rotatable bonds is 1. The van der Waals surface area contributed by atoms with Crippen LogP contribution in [-0.4, -0.2) is 9.78 Å². The molecule has 0 saturated heterocycles. The van der Waals surface area contributed by atoms with Crippen LogP contribution in [0.5, 0.6) is 5.88 Å². The maximum atomic E-state index is 10.6. The molecule has 1 rings (SSSR count). The molecule has 0 radical (unpaired) electrons. The first-order valence-electron chi connectivity index (χ1n) is 2.53. The monoisotopic (exact) mass is 134 g/mol. The van der Waals surface area contributed by atoms with Gasteiger partial charge in [-0.2, -0.15) is 5.10 Å². The summed E-state index contributed by atoms with van der Waals surface area (Å²) in [7, 11) is 0. The van der Waals surface area contributed by atoms with Gasteiger partial charge in [-0.05, 0) is 18.9 Å². The second-order valence-corrected chi connectivity index (χ2v) is 1.49. The SMILES string of the molecule is CCn1nccc1[O-].[Na+]. The molecule has 4 heteroatoms. The van der Waals surface area contributed by atoms with E-state index in [9.17, 15) is 5.11 Å². The molecule has 9 heavy (non-hydrogen) atoms. The molecule has 0 aliphatic heterocycles. The largest absolute Gasteiger partial charge is 1.00 e. The van der Waals surface area contributed by atoms with Gasteiger partial charge in [-0.15, -0.1) is 0 Å². The summed E-state index contributed by atoms with van der Waals surface area (Å²) in [5.74, 6) is -0.0208. The third-order valence-corrected chi connectivity index (χ3v) is 0.977. The van der Waals surface area contributed by atoms with Gasteiger partial charge in [0, 0.05) is 12.7 Å². The van der Waals surface area contributed by atoms with Crippen LogP contribution in [-0.2, 0) is 6.54 Å². The zero-order valence-electron chi connectivity index (χ0n) is 5.66. The molecule has 0 aromatic carbocycles. The average Bonchev–Trinajstić information content (AvgIpc) is 2.14. The minimum absolute atomic E-state index is 0. The van der Waals surface area contributed by atoms with Gasteiger partial charge >= 0.3 is 29.6 Å². The molecule has 0 saturated carbocycles. The molecule has 1 heterocycles. The molecule has 0 aliphatic rings. The maximum absolute atomic E-state index is 10.6. The van der Waals surface area contributed by atoms with Crippen molar-refractivity contribution < 1.29 is 34.7 Å². The standard InChI is InChI=1S/C5H8N2O.Na/c1-2-7-5(8)3-4-6-7;/h3-4,8H,2H2,1H3;/q;+1/p-1. The molecule has 0 atom stereocenters. The average molecular weight is 134 g/mol. The molecule has 1 aromatic heterocycles. The fraction of sp³-hybridized carbons (Fsp3) is 0.400. The summed E-state index contributed by atoms with van der Waals surface area (Å²) in [5, 5.41) is 14.3. The summed E-state index contributed by atoms with van der Waals surface area (Å²) < 4.78 is 1.40. The fourth-order valence-corrected chi connectivity index (χ4v) is 0.558. The van der Waals surface area contributed by atoms with E-state index in [1.807, 2.05) is 6.92 Å². The third-order valence-electron chi connectivity index (χ3n) is 0.977. The van der Waals surface area contributed by atoms with Crippen LogP contribution in [0.25, 0.3) is 0 Å². The van der Waals surface area contributed by atoms with Crippen molar-refractivity contribution in [3.63, 3.8) is 0 Å². The molecule has 0 spiro atoms. The van der Waals surface area contributed by atoms with E-state index in [1.54, 1.807) is 0 Å². The normalized spacial score (nSPS) is 8.56. The molecular weight excluding hydrogens is 127 g/mol. The van der Waals surface area contributed by atoms with Crippen LogP contribution < -0.4 is 34.7 Å². The molecule has 44 valence electrons. The van der Waals surface area contributed by atoms with Crippen molar-refractivity contribution in [3.8, 4) is 5.88 Å². The van der Waals surface area contributed by atoms with Gasteiger partial charge in [0.05, 0.1) is 0 Å². The quantitative estimate of drug-likeness (QED) is 0.384. The summed E-state index contributed by atoms with van der Waals surface area (Å²) in [5.41, 5.74) is 0. The van der Waals surface area contributed by atoms with E-state index in [0.717, 1.165) is 0 Å². The van der Waals surface area contributed by atoms with Crippen LogP contribution in [0.15, 0.2) is 12.3 Å². The Bertz CT molecular complexity index is 175. The van der Waals surface area contributed by atoms with E-state index in [0.29, 0.717) is 6.54 Å². The Kier molecular flexibility index (Phi) is 3.93. The number of aryl methyl sites for hydroxylation is 1. The number of hydrogen-bond acceptors (Lipinski definition) is 2. The van der Waals surface area contributed by atoms with Gasteiger partial charge in [-0.1, -0.05) is 0 Å². The predicted octanol–water partition coefficient (Wildman–Crippen LogP) is -3.02. The number of aromatic nitrogens is 2. The van der Waals surface area contributed by atoms with E-state index in [2.05, 4.69) is 5.10 Å². The summed E-state index contributed by atoms with van der Waals surface area (Å²) in [6.07, 6.45) is 1.51. The first-order chi connectivity index (χ1) is 3.84. The van der Waals surface area contributed by atoms with Gasteiger partial charge in [-0.3, -0.25) is 4.68 Å². The summed E-state index contributed by atoms with van der Waals surface area (Å²) in [6, 6.07) is 1.45. The Balaban J connectivity index is 0.000000640. The summed E-state index contributed by atoms with van der Waals surface area (Å²) >= 11 is 0. The minimum atomic E-state index is -0.0208. The van der Waals surface area contributed by atoms with Crippen molar-refractivity contribution in [1.29, 1.82) is 0 Å². The summed E-state index contributed by atoms with van der Waals surface area (Å²) in [4.78, 5) is 0. The molecule has 0 fully saturated rings. The van der Waals surface area contributed by atoms with Crippen molar-refractivity contribution in [1.82, 2.24) is 9.78 Å². The Morgan fingerprint density at radius 3 is 2.67 bits per heavy atom. The Morgan fingerprint density at radius 2 is 2.44 bits per heavy atom. The maximum Gasteiger partial charge on any atom is 1.00 e. The van der Waals surface area contributed by atoms with Gasteiger partial charge in [0.2, 0.25) is 0 Å². The van der Waals surface area contributed by atoms with Crippen LogP contribution in [0.3, 0.4) is 0 Å². The van der Waals surface area contributed by atoms with Crippen LogP contribution in [0.2, 0.25) is 0 Å². The van der Waals surface area contributed by atoms with Crippen molar-refractivity contribution in [2.75, 3.05) is 0 Å². The Morgan fingerprint density at radius 1 is 1.78 bits per heavy atom. The second kappa shape index (κ2) is 3.93. The van der Waals surface area contributed by atoms with Gasteiger partial charge < -0.3 is 5.11 Å². The van der Waals surface area contributed by atoms with Gasteiger partial charge in [0.1, 0.15) is 0 Å². The van der Waals surface area contributed by atoms with E-state index in [1.165, 1.54) is 16.9 Å². The summed E-state index contributed by atoms with van der Waals surface area (Å²) in [6.45, 7) is 2.54. The zero-order valence-corrected chi connectivity index (χ0v) is 7.66. The second-order valence-electron chi connectivity index (χ2n) is 1.49. The molecule has 0 unspecified atom stereocenters. The molecule has 0 bridgehead atoms. The molecule has 0 aliphatic carbocycles. The Hall–Kier alpha value is 0.0100. The van der Waals surface area contributed by atoms with E-state index in [4.69, 9.17) is 0 Å². The van der Waals surface area contributed by atoms with Crippen molar-refractivity contribution in [2.45, 2.75) is 13.5 Å². The molecular formula is C5H7N2NaO. The van der Waals surface area contributed by atoms with Crippen molar-refractivity contribution in [2.24, 2.45) is 0 Å². The van der Waals surface area contributed by atoms with Crippen LogP contribution in [0.4, 0.5) is 0 Å². The zero-order chi connectivity index (χ0) is 5.98. The van der Waals surface area contributed by atoms with Crippen LogP contribution in [0.1, 0.15) is 6.92 Å². The topological polar surface area (TPSA) is 40.9 Å². The van der Waals surface area contributed by atoms with E-state index in [-0.39, 0.29) is 35.4 Å². The van der Waals surface area contributed by atoms with Crippen LogP contribution >= 0.6 is 0 Å². The Labute approximate surface area is 76.0 Å². The number of hydrogen-bond donors (Lipinski definition) is 0. The molecule has 0 amide bonds. The van der Waals surface area contributed by atoms with E-state index < -0.39 is 0 Å². The first kappa shape index (κ1) is 9.01. The molecule has 1 aromatic rings. The van der Waals surface area contributed by atoms with E-state index >= 15 is 0 Å². The van der Waals surface area contributed by atoms with Crippen molar-refractivity contribution >= 4 is 0 Å². The smallest absolute Gasteiger partial charge is 0.859 e. The number of nitrogens with zero attached hydrogens (tertiary/aromatic N) is 2.